The van der Waals surface area contributed by atoms with Crippen LogP contribution in [-0.4, -0.2) is 40.4 Å². The van der Waals surface area contributed by atoms with E-state index in [1.165, 1.54) is 0 Å². The van der Waals surface area contributed by atoms with Crippen molar-refractivity contribution in [2.24, 2.45) is 0 Å². The van der Waals surface area contributed by atoms with Gasteiger partial charge >= 0.3 is 0 Å². The van der Waals surface area contributed by atoms with Gasteiger partial charge in [-0.1, -0.05) is 23.7 Å². The van der Waals surface area contributed by atoms with E-state index in [9.17, 15) is 4.79 Å². The molecule has 1 amide bonds. The lowest BCUT2D eigenvalue weighted by atomic mass is 10.2. The van der Waals surface area contributed by atoms with Gasteiger partial charge in [0.1, 0.15) is 17.0 Å². The fourth-order valence-corrected chi connectivity index (χ4v) is 3.75. The number of aromatic nitrogens is 2. The number of fused-ring (bicyclic) bond motifs is 1. The van der Waals surface area contributed by atoms with Gasteiger partial charge in [0.05, 0.1) is 11.9 Å². The molecule has 4 rings (SSSR count). The Morgan fingerprint density at radius 3 is 2.75 bits per heavy atom. The van der Waals surface area contributed by atoms with Crippen molar-refractivity contribution in [3.05, 3.63) is 52.6 Å². The topological polar surface area (TPSA) is 49.3 Å². The smallest absolute Gasteiger partial charge is 0.242 e. The number of benzene rings is 1. The minimum atomic E-state index is 0.109. The molecule has 122 valence electrons. The summed E-state index contributed by atoms with van der Waals surface area (Å²) < 4.78 is 0. The van der Waals surface area contributed by atoms with E-state index in [0.29, 0.717) is 24.7 Å². The van der Waals surface area contributed by atoms with Crippen molar-refractivity contribution < 1.29 is 4.79 Å². The number of hydrogen-bond donors (Lipinski definition) is 0. The Labute approximate surface area is 148 Å². The number of hydrogen-bond acceptors (Lipinski definition) is 5. The third kappa shape index (κ3) is 2.95. The van der Waals surface area contributed by atoms with Gasteiger partial charge in [-0.2, -0.15) is 0 Å². The number of thiophene rings is 1. The Balaban J connectivity index is 1.49. The Hall–Kier alpha value is -2.18. The van der Waals surface area contributed by atoms with Gasteiger partial charge < -0.3 is 9.80 Å². The molecule has 0 atom stereocenters. The van der Waals surface area contributed by atoms with Gasteiger partial charge in [-0.25, -0.2) is 9.97 Å². The normalized spacial score (nSPS) is 15.3. The van der Waals surface area contributed by atoms with Crippen LogP contribution < -0.4 is 4.90 Å². The molecule has 0 radical (unpaired) electrons. The molecular weight excluding hydrogens is 344 g/mol. The predicted octanol–water partition coefficient (Wildman–Crippen LogP) is 3.19. The standard InChI is InChI=1S/C17H15ClN4OS/c18-13-3-1-12(2-4-13)9-21-6-7-22(10-15(21)23)16-14-5-8-24-17(14)20-11-19-16/h1-5,8,11H,6-7,9-10H2. The second kappa shape index (κ2) is 6.37. The second-order valence-electron chi connectivity index (χ2n) is 5.70. The third-order valence-corrected chi connectivity index (χ3v) is 5.22. The van der Waals surface area contributed by atoms with Crippen molar-refractivity contribution in [1.29, 1.82) is 0 Å². The highest BCUT2D eigenvalue weighted by atomic mass is 35.5. The molecule has 5 nitrogen and oxygen atoms in total. The molecule has 1 aliphatic heterocycles. The van der Waals surface area contributed by atoms with Crippen molar-refractivity contribution in [3.8, 4) is 0 Å². The zero-order valence-electron chi connectivity index (χ0n) is 12.9. The maximum Gasteiger partial charge on any atom is 0.242 e. The molecule has 7 heteroatoms. The summed E-state index contributed by atoms with van der Waals surface area (Å²) in [7, 11) is 0. The molecule has 0 N–H and O–H groups in total. The molecule has 2 aromatic heterocycles. The predicted molar refractivity (Wildman–Crippen MR) is 96.5 cm³/mol. The molecule has 24 heavy (non-hydrogen) atoms. The summed E-state index contributed by atoms with van der Waals surface area (Å²) in [5.41, 5.74) is 1.09. The minimum absolute atomic E-state index is 0.109. The number of piperazine rings is 1. The van der Waals surface area contributed by atoms with Crippen molar-refractivity contribution >= 4 is 44.9 Å². The van der Waals surface area contributed by atoms with Crippen LogP contribution in [0.2, 0.25) is 5.02 Å². The van der Waals surface area contributed by atoms with E-state index in [4.69, 9.17) is 11.6 Å². The molecular formula is C17H15ClN4OS. The summed E-state index contributed by atoms with van der Waals surface area (Å²) >= 11 is 7.50. The summed E-state index contributed by atoms with van der Waals surface area (Å²) in [4.78, 5) is 26.1. The van der Waals surface area contributed by atoms with Gasteiger partial charge in [0, 0.05) is 24.7 Å². The van der Waals surface area contributed by atoms with E-state index < -0.39 is 0 Å². The largest absolute Gasteiger partial charge is 0.345 e. The van der Waals surface area contributed by atoms with Crippen molar-refractivity contribution in [1.82, 2.24) is 14.9 Å². The lowest BCUT2D eigenvalue weighted by molar-refractivity contribution is -0.131. The molecule has 0 saturated carbocycles. The first-order valence-electron chi connectivity index (χ1n) is 7.66. The van der Waals surface area contributed by atoms with Gasteiger partial charge in [0.25, 0.3) is 0 Å². The summed E-state index contributed by atoms with van der Waals surface area (Å²) in [6.07, 6.45) is 1.57. The highest BCUT2D eigenvalue weighted by molar-refractivity contribution is 7.16. The highest BCUT2D eigenvalue weighted by Crippen LogP contribution is 2.27. The van der Waals surface area contributed by atoms with Crippen LogP contribution in [0.25, 0.3) is 10.2 Å². The average Bonchev–Trinajstić information content (AvgIpc) is 3.07. The van der Waals surface area contributed by atoms with Crippen LogP contribution in [0.3, 0.4) is 0 Å². The molecule has 0 spiro atoms. The maximum absolute atomic E-state index is 12.5. The quantitative estimate of drug-likeness (QED) is 0.721. The number of anilines is 1. The van der Waals surface area contributed by atoms with Crippen LogP contribution in [-0.2, 0) is 11.3 Å². The van der Waals surface area contributed by atoms with Crippen molar-refractivity contribution in [2.45, 2.75) is 6.54 Å². The molecule has 3 aromatic rings. The lowest BCUT2D eigenvalue weighted by Crippen LogP contribution is -2.50. The Bertz CT molecular complexity index is 880. The first kappa shape index (κ1) is 15.4. The number of amides is 1. The molecule has 1 saturated heterocycles. The lowest BCUT2D eigenvalue weighted by Gasteiger charge is -2.35. The van der Waals surface area contributed by atoms with Gasteiger partial charge in [0.2, 0.25) is 5.91 Å². The molecule has 1 aliphatic rings. The first-order chi connectivity index (χ1) is 11.7. The fourth-order valence-electron chi connectivity index (χ4n) is 2.90. The summed E-state index contributed by atoms with van der Waals surface area (Å²) in [5, 5.41) is 3.72. The molecule has 0 unspecified atom stereocenters. The van der Waals surface area contributed by atoms with Gasteiger partial charge in [0.15, 0.2) is 0 Å². The number of rotatable bonds is 3. The average molecular weight is 359 g/mol. The second-order valence-corrected chi connectivity index (χ2v) is 7.03. The van der Waals surface area contributed by atoms with Gasteiger partial charge in [-0.3, -0.25) is 4.79 Å². The SMILES string of the molecule is O=C1CN(c2ncnc3sccc23)CCN1Cc1ccc(Cl)cc1. The zero-order chi connectivity index (χ0) is 16.5. The monoisotopic (exact) mass is 358 g/mol. The molecule has 1 aromatic carbocycles. The highest BCUT2D eigenvalue weighted by Gasteiger charge is 2.26. The van der Waals surface area contributed by atoms with Crippen LogP contribution in [0.15, 0.2) is 42.0 Å². The van der Waals surface area contributed by atoms with Crippen LogP contribution in [0.1, 0.15) is 5.56 Å². The van der Waals surface area contributed by atoms with Crippen LogP contribution in [0, 0.1) is 0 Å². The summed E-state index contributed by atoms with van der Waals surface area (Å²) in [6, 6.07) is 9.64. The van der Waals surface area contributed by atoms with Gasteiger partial charge in [-0.05, 0) is 29.1 Å². The molecule has 0 bridgehead atoms. The van der Waals surface area contributed by atoms with Gasteiger partial charge in [-0.15, -0.1) is 11.3 Å². The van der Waals surface area contributed by atoms with E-state index >= 15 is 0 Å². The van der Waals surface area contributed by atoms with Crippen LogP contribution in [0.5, 0.6) is 0 Å². The van der Waals surface area contributed by atoms with E-state index in [1.54, 1.807) is 17.7 Å². The number of nitrogens with zero attached hydrogens (tertiary/aromatic N) is 4. The van der Waals surface area contributed by atoms with E-state index in [0.717, 1.165) is 28.1 Å². The zero-order valence-corrected chi connectivity index (χ0v) is 14.4. The van der Waals surface area contributed by atoms with Crippen LogP contribution in [0.4, 0.5) is 5.82 Å². The molecule has 0 aliphatic carbocycles. The first-order valence-corrected chi connectivity index (χ1v) is 8.92. The maximum atomic E-state index is 12.5. The Kier molecular flexibility index (Phi) is 4.08. The number of carbonyl (C=O) groups is 1. The van der Waals surface area contributed by atoms with Crippen molar-refractivity contribution in [3.63, 3.8) is 0 Å². The third-order valence-electron chi connectivity index (χ3n) is 4.15. The number of halogens is 1. The summed E-state index contributed by atoms with van der Waals surface area (Å²) in [5.74, 6) is 0.957. The van der Waals surface area contributed by atoms with Crippen molar-refractivity contribution in [2.75, 3.05) is 24.5 Å². The Morgan fingerprint density at radius 1 is 1.12 bits per heavy atom. The van der Waals surface area contributed by atoms with E-state index in [2.05, 4.69) is 9.97 Å². The molecule has 1 fully saturated rings. The molecule has 3 heterocycles. The minimum Gasteiger partial charge on any atom is -0.345 e. The van der Waals surface area contributed by atoms with E-state index in [1.807, 2.05) is 45.5 Å². The van der Waals surface area contributed by atoms with Crippen LogP contribution >= 0.6 is 22.9 Å². The Morgan fingerprint density at radius 2 is 1.96 bits per heavy atom. The summed E-state index contributed by atoms with van der Waals surface area (Å²) in [6.45, 7) is 2.40. The number of carbonyl (C=O) groups excluding carboxylic acids is 1. The van der Waals surface area contributed by atoms with E-state index in [-0.39, 0.29) is 5.91 Å². The fraction of sp³-hybridized carbons (Fsp3) is 0.235.